The van der Waals surface area contributed by atoms with Crippen LogP contribution in [0.2, 0.25) is 0 Å². The third-order valence-electron chi connectivity index (χ3n) is 3.35. The highest BCUT2D eigenvalue weighted by Gasteiger charge is 2.47. The molecule has 0 radical (unpaired) electrons. The molecule has 0 saturated carbocycles. The molecule has 100 valence electrons. The van der Waals surface area contributed by atoms with Crippen LogP contribution in [0.4, 0.5) is 0 Å². The number of amides is 1. The fourth-order valence-corrected chi connectivity index (χ4v) is 2.30. The highest BCUT2D eigenvalue weighted by atomic mass is 16.3. The second kappa shape index (κ2) is 4.93. The molecule has 0 spiro atoms. The van der Waals surface area contributed by atoms with Crippen LogP contribution in [-0.2, 0) is 0 Å². The van der Waals surface area contributed by atoms with Crippen molar-refractivity contribution in [2.75, 3.05) is 0 Å². The van der Waals surface area contributed by atoms with Crippen LogP contribution in [0.5, 0.6) is 0 Å². The van der Waals surface area contributed by atoms with Crippen LogP contribution in [-0.4, -0.2) is 32.4 Å². The summed E-state index contributed by atoms with van der Waals surface area (Å²) in [6, 6.07) is 3.33. The van der Waals surface area contributed by atoms with Crippen molar-refractivity contribution < 1.29 is 9.90 Å². The van der Waals surface area contributed by atoms with Crippen molar-refractivity contribution in [3.8, 4) is 0 Å². The number of nitrogens with zero attached hydrogens (tertiary/aromatic N) is 3. The van der Waals surface area contributed by atoms with Crippen LogP contribution in [0, 0.1) is 5.92 Å². The van der Waals surface area contributed by atoms with Gasteiger partial charge in [0, 0.05) is 18.1 Å². The lowest BCUT2D eigenvalue weighted by atomic mass is 9.90. The van der Waals surface area contributed by atoms with E-state index in [2.05, 4.69) is 16.7 Å². The predicted molar refractivity (Wildman–Crippen MR) is 72.4 cm³/mol. The Hall–Kier alpha value is -2.01. The molecule has 5 heteroatoms. The molecule has 19 heavy (non-hydrogen) atoms. The maximum Gasteiger partial charge on any atom is 0.278 e. The summed E-state index contributed by atoms with van der Waals surface area (Å²) in [4.78, 5) is 16.3. The molecule has 1 aliphatic heterocycles. The molecule has 1 N–H and O–H groups in total. The second-order valence-electron chi connectivity index (χ2n) is 4.77. The largest absolute Gasteiger partial charge is 0.369 e. The smallest absolute Gasteiger partial charge is 0.278 e. The Morgan fingerprint density at radius 2 is 2.42 bits per heavy atom. The Labute approximate surface area is 112 Å². The SMILES string of the molecule is C=CCC1C(C)=NN(C(=O)c2cccnc2)C1(C)O. The van der Waals surface area contributed by atoms with Crippen molar-refractivity contribution >= 4 is 11.6 Å². The van der Waals surface area contributed by atoms with Crippen molar-refractivity contribution in [2.24, 2.45) is 11.0 Å². The van der Waals surface area contributed by atoms with Gasteiger partial charge < -0.3 is 5.11 Å². The van der Waals surface area contributed by atoms with Gasteiger partial charge in [0.1, 0.15) is 0 Å². The molecule has 1 aromatic heterocycles. The van der Waals surface area contributed by atoms with Crippen molar-refractivity contribution in [3.63, 3.8) is 0 Å². The summed E-state index contributed by atoms with van der Waals surface area (Å²) < 4.78 is 0. The normalized spacial score (nSPS) is 26.2. The number of carbonyl (C=O) groups excluding carboxylic acids is 1. The summed E-state index contributed by atoms with van der Waals surface area (Å²) in [5.41, 5.74) is -0.216. The summed E-state index contributed by atoms with van der Waals surface area (Å²) >= 11 is 0. The number of aromatic nitrogens is 1. The number of rotatable bonds is 3. The fraction of sp³-hybridized carbons (Fsp3) is 0.357. The summed E-state index contributed by atoms with van der Waals surface area (Å²) in [6.07, 6.45) is 5.34. The summed E-state index contributed by atoms with van der Waals surface area (Å²) in [7, 11) is 0. The molecule has 2 atom stereocenters. The average Bonchev–Trinajstić information content (AvgIpc) is 2.63. The van der Waals surface area contributed by atoms with Crippen LogP contribution >= 0.6 is 0 Å². The van der Waals surface area contributed by atoms with Gasteiger partial charge in [-0.05, 0) is 32.4 Å². The van der Waals surface area contributed by atoms with Gasteiger partial charge in [0.05, 0.1) is 11.5 Å². The Morgan fingerprint density at radius 1 is 1.68 bits per heavy atom. The topological polar surface area (TPSA) is 65.8 Å². The lowest BCUT2D eigenvalue weighted by molar-refractivity contribution is -0.0819. The number of pyridine rings is 1. The van der Waals surface area contributed by atoms with Crippen LogP contribution in [0.15, 0.2) is 42.3 Å². The van der Waals surface area contributed by atoms with Crippen molar-refractivity contribution in [1.82, 2.24) is 9.99 Å². The fourth-order valence-electron chi connectivity index (χ4n) is 2.30. The first kappa shape index (κ1) is 13.4. The van der Waals surface area contributed by atoms with E-state index in [0.717, 1.165) is 10.7 Å². The van der Waals surface area contributed by atoms with E-state index in [4.69, 9.17) is 0 Å². The van der Waals surface area contributed by atoms with E-state index in [-0.39, 0.29) is 11.8 Å². The minimum atomic E-state index is -1.34. The molecule has 5 nitrogen and oxygen atoms in total. The molecule has 2 unspecified atom stereocenters. The van der Waals surface area contributed by atoms with Gasteiger partial charge in [-0.1, -0.05) is 6.08 Å². The van der Waals surface area contributed by atoms with Crippen LogP contribution in [0.1, 0.15) is 30.6 Å². The van der Waals surface area contributed by atoms with Crippen LogP contribution in [0.25, 0.3) is 0 Å². The Morgan fingerprint density at radius 3 is 3.00 bits per heavy atom. The molecule has 1 amide bonds. The van der Waals surface area contributed by atoms with E-state index < -0.39 is 5.72 Å². The maximum absolute atomic E-state index is 12.4. The van der Waals surface area contributed by atoms with Gasteiger partial charge in [0.2, 0.25) is 0 Å². The summed E-state index contributed by atoms with van der Waals surface area (Å²) in [5, 5.41) is 15.9. The minimum absolute atomic E-state index is 0.231. The summed E-state index contributed by atoms with van der Waals surface area (Å²) in [5.74, 6) is -0.588. The molecule has 0 aromatic carbocycles. The van der Waals surface area contributed by atoms with Gasteiger partial charge >= 0.3 is 0 Å². The van der Waals surface area contributed by atoms with Gasteiger partial charge in [-0.25, -0.2) is 0 Å². The lowest BCUT2D eigenvalue weighted by Crippen LogP contribution is -2.48. The number of hydrazone groups is 1. The molecule has 2 rings (SSSR count). The van der Waals surface area contributed by atoms with Gasteiger partial charge in [-0.15, -0.1) is 6.58 Å². The highest BCUT2D eigenvalue weighted by molar-refractivity contribution is 5.98. The van der Waals surface area contributed by atoms with Crippen LogP contribution in [0.3, 0.4) is 0 Å². The molecular formula is C14H17N3O2. The Bertz CT molecular complexity index is 523. The molecule has 1 aliphatic rings. The van der Waals surface area contributed by atoms with Gasteiger partial charge in [-0.2, -0.15) is 10.1 Å². The Kier molecular flexibility index (Phi) is 3.48. The van der Waals surface area contributed by atoms with E-state index in [1.807, 2.05) is 0 Å². The molecule has 0 fully saturated rings. The molecule has 0 aliphatic carbocycles. The van der Waals surface area contributed by atoms with Gasteiger partial charge in [-0.3, -0.25) is 9.78 Å². The number of aliphatic hydroxyl groups is 1. The molecule has 1 aromatic rings. The van der Waals surface area contributed by atoms with Crippen molar-refractivity contribution in [3.05, 3.63) is 42.7 Å². The molecule has 0 saturated heterocycles. The standard InChI is InChI=1S/C14H17N3O2/c1-4-6-12-10(2)16-17(14(12,3)19)13(18)11-7-5-8-15-9-11/h4-5,7-9,12,19H,1,6H2,2-3H3. The number of hydrogen-bond acceptors (Lipinski definition) is 4. The molecule has 2 heterocycles. The van der Waals surface area contributed by atoms with E-state index in [0.29, 0.717) is 12.0 Å². The zero-order valence-electron chi connectivity index (χ0n) is 11.1. The van der Waals surface area contributed by atoms with E-state index in [1.165, 1.54) is 6.20 Å². The monoisotopic (exact) mass is 259 g/mol. The van der Waals surface area contributed by atoms with Crippen molar-refractivity contribution in [1.29, 1.82) is 0 Å². The Balaban J connectivity index is 2.31. The van der Waals surface area contributed by atoms with E-state index >= 15 is 0 Å². The zero-order chi connectivity index (χ0) is 14.0. The van der Waals surface area contributed by atoms with E-state index in [1.54, 1.807) is 38.3 Å². The first-order valence-electron chi connectivity index (χ1n) is 6.11. The zero-order valence-corrected chi connectivity index (χ0v) is 11.1. The van der Waals surface area contributed by atoms with Crippen LogP contribution < -0.4 is 0 Å². The first-order valence-corrected chi connectivity index (χ1v) is 6.11. The van der Waals surface area contributed by atoms with Crippen molar-refractivity contribution in [2.45, 2.75) is 26.0 Å². The third kappa shape index (κ3) is 2.29. The minimum Gasteiger partial charge on any atom is -0.369 e. The molecular weight excluding hydrogens is 242 g/mol. The first-order chi connectivity index (χ1) is 8.98. The number of hydrogen-bond donors (Lipinski definition) is 1. The highest BCUT2D eigenvalue weighted by Crippen LogP contribution is 2.34. The molecule has 0 bridgehead atoms. The number of carbonyl (C=O) groups is 1. The predicted octanol–water partition coefficient (Wildman–Crippen LogP) is 1.81. The van der Waals surface area contributed by atoms with Gasteiger partial charge in [0.25, 0.3) is 5.91 Å². The lowest BCUT2D eigenvalue weighted by Gasteiger charge is -2.32. The number of allylic oxidation sites excluding steroid dienone is 1. The van der Waals surface area contributed by atoms with E-state index in [9.17, 15) is 9.90 Å². The maximum atomic E-state index is 12.4. The summed E-state index contributed by atoms with van der Waals surface area (Å²) in [6.45, 7) is 7.07. The second-order valence-corrected chi connectivity index (χ2v) is 4.77. The quantitative estimate of drug-likeness (QED) is 0.842. The average molecular weight is 259 g/mol. The third-order valence-corrected chi connectivity index (χ3v) is 3.35. The van der Waals surface area contributed by atoms with Gasteiger partial charge in [0.15, 0.2) is 5.72 Å².